The normalized spacial score (nSPS) is 16.6. The van der Waals surface area contributed by atoms with Crippen LogP contribution in [0.1, 0.15) is 37.8 Å². The Morgan fingerprint density at radius 2 is 1.83 bits per heavy atom. The van der Waals surface area contributed by atoms with Gasteiger partial charge in [0.05, 0.1) is 26.8 Å². The largest absolute Gasteiger partial charge is 0.493 e. The summed E-state index contributed by atoms with van der Waals surface area (Å²) in [5, 5.41) is 6.85. The quantitative estimate of drug-likeness (QED) is 0.460. The molecular weight excluding hydrogens is 366 g/mol. The molecular formula is C22H39N5O2. The van der Waals surface area contributed by atoms with Crippen molar-refractivity contribution in [1.29, 1.82) is 0 Å². The second-order valence-electron chi connectivity index (χ2n) is 7.64. The van der Waals surface area contributed by atoms with Gasteiger partial charge < -0.3 is 29.9 Å². The molecule has 0 saturated carbocycles. The average Bonchev–Trinajstić information content (AvgIpc) is 2.74. The average molecular weight is 406 g/mol. The molecule has 1 atom stereocenters. The smallest absolute Gasteiger partial charge is 0.191 e. The first kappa shape index (κ1) is 23.3. The van der Waals surface area contributed by atoms with Gasteiger partial charge in [0.25, 0.3) is 0 Å². The van der Waals surface area contributed by atoms with Crippen LogP contribution in [0.4, 0.5) is 0 Å². The van der Waals surface area contributed by atoms with Gasteiger partial charge in [-0.3, -0.25) is 4.99 Å². The Morgan fingerprint density at radius 1 is 1.10 bits per heavy atom. The number of guanidine groups is 1. The van der Waals surface area contributed by atoms with Crippen molar-refractivity contribution >= 4 is 5.96 Å². The van der Waals surface area contributed by atoms with Crippen LogP contribution in [0.3, 0.4) is 0 Å². The van der Waals surface area contributed by atoms with Crippen LogP contribution in [0, 0.1) is 0 Å². The monoisotopic (exact) mass is 405 g/mol. The van der Waals surface area contributed by atoms with E-state index in [9.17, 15) is 0 Å². The highest BCUT2D eigenvalue weighted by Crippen LogP contribution is 2.31. The molecule has 0 aliphatic carbocycles. The molecule has 0 spiro atoms. The number of aliphatic imine (C=N–C) groups is 1. The number of rotatable bonds is 10. The highest BCUT2D eigenvalue weighted by molar-refractivity contribution is 5.79. The minimum atomic E-state index is 0.146. The second kappa shape index (κ2) is 12.5. The Hall–Kier alpha value is -1.99. The van der Waals surface area contributed by atoms with Gasteiger partial charge in [-0.1, -0.05) is 12.5 Å². The van der Waals surface area contributed by atoms with Gasteiger partial charge in [0, 0.05) is 19.6 Å². The molecule has 0 aromatic heterocycles. The summed E-state index contributed by atoms with van der Waals surface area (Å²) in [4.78, 5) is 9.57. The number of nitrogens with one attached hydrogen (secondary N) is 2. The minimum Gasteiger partial charge on any atom is -0.493 e. The number of piperidine rings is 1. The van der Waals surface area contributed by atoms with Crippen molar-refractivity contribution in [2.24, 2.45) is 4.99 Å². The third kappa shape index (κ3) is 7.40. The van der Waals surface area contributed by atoms with Crippen LogP contribution in [0.2, 0.25) is 0 Å². The molecule has 1 aliphatic heterocycles. The van der Waals surface area contributed by atoms with Crippen LogP contribution in [-0.2, 0) is 0 Å². The van der Waals surface area contributed by atoms with Gasteiger partial charge in [-0.2, -0.15) is 0 Å². The molecule has 7 nitrogen and oxygen atoms in total. The molecule has 29 heavy (non-hydrogen) atoms. The third-order valence-electron chi connectivity index (χ3n) is 5.35. The fourth-order valence-corrected chi connectivity index (χ4v) is 3.66. The van der Waals surface area contributed by atoms with Crippen molar-refractivity contribution in [2.45, 2.75) is 32.2 Å². The lowest BCUT2D eigenvalue weighted by atomic mass is 10.1. The number of ether oxygens (including phenoxy) is 2. The van der Waals surface area contributed by atoms with Gasteiger partial charge in [-0.05, 0) is 64.6 Å². The molecule has 1 aliphatic rings. The molecule has 2 rings (SSSR count). The number of hydrogen-bond acceptors (Lipinski definition) is 5. The maximum Gasteiger partial charge on any atom is 0.191 e. The van der Waals surface area contributed by atoms with Crippen LogP contribution < -0.4 is 20.1 Å². The number of hydrogen-bond donors (Lipinski definition) is 2. The zero-order valence-electron chi connectivity index (χ0n) is 18.8. The number of benzene rings is 1. The van der Waals surface area contributed by atoms with Crippen LogP contribution in [-0.4, -0.2) is 83.3 Å². The summed E-state index contributed by atoms with van der Waals surface area (Å²) in [5.41, 5.74) is 1.15. The predicted molar refractivity (Wildman–Crippen MR) is 120 cm³/mol. The maximum atomic E-state index is 5.47. The van der Waals surface area contributed by atoms with E-state index in [1.165, 1.54) is 32.4 Å². The molecule has 164 valence electrons. The molecule has 1 aromatic carbocycles. The van der Waals surface area contributed by atoms with Gasteiger partial charge >= 0.3 is 0 Å². The standard InChI is InChI=1S/C22H39N5O2/c1-6-23-22(24-12-15-27-13-8-7-9-14-27)25-17-19(26(2)3)18-10-11-20(28-4)21(16-18)29-5/h10-11,16,19H,6-9,12-15,17H2,1-5H3,(H2,23,24,25). The van der Waals surface area contributed by atoms with Gasteiger partial charge in [-0.25, -0.2) is 0 Å². The Bertz CT molecular complexity index is 630. The Labute approximate surface area is 176 Å². The fourth-order valence-electron chi connectivity index (χ4n) is 3.66. The van der Waals surface area contributed by atoms with Crippen molar-refractivity contribution in [3.63, 3.8) is 0 Å². The van der Waals surface area contributed by atoms with Crippen LogP contribution >= 0.6 is 0 Å². The van der Waals surface area contributed by atoms with Gasteiger partial charge in [-0.15, -0.1) is 0 Å². The molecule has 7 heteroatoms. The van der Waals surface area contributed by atoms with Gasteiger partial charge in [0.1, 0.15) is 0 Å². The topological polar surface area (TPSA) is 61.4 Å². The highest BCUT2D eigenvalue weighted by atomic mass is 16.5. The van der Waals surface area contributed by atoms with E-state index >= 15 is 0 Å². The van der Waals surface area contributed by atoms with Crippen molar-refractivity contribution in [3.05, 3.63) is 23.8 Å². The minimum absolute atomic E-state index is 0.146. The Balaban J connectivity index is 2.01. The van der Waals surface area contributed by atoms with E-state index in [0.29, 0.717) is 6.54 Å². The number of nitrogens with zero attached hydrogens (tertiary/aromatic N) is 3. The molecule has 1 aromatic rings. The first-order chi connectivity index (χ1) is 14.1. The summed E-state index contributed by atoms with van der Waals surface area (Å²) in [7, 11) is 7.48. The first-order valence-electron chi connectivity index (χ1n) is 10.7. The van der Waals surface area contributed by atoms with Crippen LogP contribution in [0.5, 0.6) is 11.5 Å². The zero-order chi connectivity index (χ0) is 21.1. The van der Waals surface area contributed by atoms with Crippen molar-refractivity contribution in [2.75, 3.05) is 67.6 Å². The van der Waals surface area contributed by atoms with E-state index in [2.05, 4.69) is 47.5 Å². The van der Waals surface area contributed by atoms with E-state index < -0.39 is 0 Å². The third-order valence-corrected chi connectivity index (χ3v) is 5.35. The molecule has 0 bridgehead atoms. The number of likely N-dealkylation sites (N-methyl/N-ethyl adjacent to an activating group) is 1. The maximum absolute atomic E-state index is 5.47. The van der Waals surface area contributed by atoms with E-state index in [1.807, 2.05) is 12.1 Å². The SMILES string of the molecule is CCNC(=NCC(c1ccc(OC)c(OC)c1)N(C)C)NCCN1CCCCC1. The van der Waals surface area contributed by atoms with Gasteiger partial charge in [0.15, 0.2) is 17.5 Å². The molecule has 1 unspecified atom stereocenters. The lowest BCUT2D eigenvalue weighted by molar-refractivity contribution is 0.232. The summed E-state index contributed by atoms with van der Waals surface area (Å²) in [5.74, 6) is 2.36. The highest BCUT2D eigenvalue weighted by Gasteiger charge is 2.17. The van der Waals surface area contributed by atoms with Crippen molar-refractivity contribution in [1.82, 2.24) is 20.4 Å². The van der Waals surface area contributed by atoms with Gasteiger partial charge in [0.2, 0.25) is 0 Å². The number of methoxy groups -OCH3 is 2. The summed E-state index contributed by atoms with van der Waals surface area (Å²) >= 11 is 0. The van der Waals surface area contributed by atoms with Crippen LogP contribution in [0.15, 0.2) is 23.2 Å². The molecule has 1 saturated heterocycles. The lowest BCUT2D eigenvalue weighted by Gasteiger charge is -2.27. The van der Waals surface area contributed by atoms with Crippen molar-refractivity contribution < 1.29 is 9.47 Å². The summed E-state index contributed by atoms with van der Waals surface area (Å²) in [6.45, 7) is 8.01. The summed E-state index contributed by atoms with van der Waals surface area (Å²) in [6, 6.07) is 6.22. The van der Waals surface area contributed by atoms with E-state index in [1.54, 1.807) is 14.2 Å². The lowest BCUT2D eigenvalue weighted by Crippen LogP contribution is -2.43. The first-order valence-corrected chi connectivity index (χ1v) is 10.7. The molecule has 0 radical (unpaired) electrons. The summed E-state index contributed by atoms with van der Waals surface area (Å²) < 4.78 is 10.8. The Morgan fingerprint density at radius 3 is 2.45 bits per heavy atom. The van der Waals surface area contributed by atoms with Crippen molar-refractivity contribution in [3.8, 4) is 11.5 Å². The fraction of sp³-hybridized carbons (Fsp3) is 0.682. The van der Waals surface area contributed by atoms with E-state index in [4.69, 9.17) is 14.5 Å². The van der Waals surface area contributed by atoms with Crippen LogP contribution in [0.25, 0.3) is 0 Å². The molecule has 1 heterocycles. The summed E-state index contributed by atoms with van der Waals surface area (Å²) in [6.07, 6.45) is 4.02. The number of likely N-dealkylation sites (tertiary alicyclic amines) is 1. The molecule has 0 amide bonds. The predicted octanol–water partition coefficient (Wildman–Crippen LogP) is 2.35. The second-order valence-corrected chi connectivity index (χ2v) is 7.64. The molecule has 1 fully saturated rings. The van der Waals surface area contributed by atoms with E-state index in [0.717, 1.165) is 42.7 Å². The Kier molecular flexibility index (Phi) is 10.1. The van der Waals surface area contributed by atoms with E-state index in [-0.39, 0.29) is 6.04 Å². The zero-order valence-corrected chi connectivity index (χ0v) is 18.8. The molecule has 2 N–H and O–H groups in total.